The molecular formula is C9H15F2Na. The van der Waals surface area contributed by atoms with E-state index in [0.29, 0.717) is 11.8 Å². The van der Waals surface area contributed by atoms with Gasteiger partial charge in [0, 0.05) is 6.42 Å². The second kappa shape index (κ2) is 4.39. The summed E-state index contributed by atoms with van der Waals surface area (Å²) in [6.07, 6.45) is 2.97. The Morgan fingerprint density at radius 2 is 2.00 bits per heavy atom. The summed E-state index contributed by atoms with van der Waals surface area (Å²) in [5.41, 5.74) is 0. The Labute approximate surface area is 95.9 Å². The number of fused-ring (bicyclic) bond motifs is 2. The second-order valence-electron chi connectivity index (χ2n) is 4.06. The normalized spacial score (nSPS) is 38.8. The Kier molecular flexibility index (Phi) is 4.00. The summed E-state index contributed by atoms with van der Waals surface area (Å²) in [6.45, 7) is 0. The quantitative estimate of drug-likeness (QED) is 0.538. The Hall–Kier alpha value is 0.860. The van der Waals surface area contributed by atoms with Gasteiger partial charge in [-0.15, -0.1) is 0 Å². The van der Waals surface area contributed by atoms with E-state index in [9.17, 15) is 8.78 Å². The summed E-state index contributed by atoms with van der Waals surface area (Å²) in [6, 6.07) is 0. The summed E-state index contributed by atoms with van der Waals surface area (Å²) < 4.78 is 24.0. The third-order valence-corrected chi connectivity index (χ3v) is 3.37. The van der Waals surface area contributed by atoms with Gasteiger partial charge in [0.05, 0.1) is 0 Å². The fourth-order valence-electron chi connectivity index (χ4n) is 2.89. The molecule has 3 heteroatoms. The number of alkyl halides is 2. The molecule has 0 nitrogen and oxygen atoms in total. The average molecular weight is 184 g/mol. The zero-order chi connectivity index (χ0) is 7.84. The summed E-state index contributed by atoms with van der Waals surface area (Å²) in [5, 5.41) is 0. The number of hydrogen-bond donors (Lipinski definition) is 0. The topological polar surface area (TPSA) is 0 Å². The van der Waals surface area contributed by atoms with Crippen molar-refractivity contribution in [1.29, 1.82) is 0 Å². The van der Waals surface area contributed by atoms with Gasteiger partial charge in [-0.1, -0.05) is 6.42 Å². The molecule has 2 rings (SSSR count). The van der Waals surface area contributed by atoms with Gasteiger partial charge in [-0.2, -0.15) is 0 Å². The summed E-state index contributed by atoms with van der Waals surface area (Å²) >= 11 is 0. The van der Waals surface area contributed by atoms with Crippen LogP contribution in [-0.2, 0) is 0 Å². The van der Waals surface area contributed by atoms with Crippen molar-refractivity contribution in [3.05, 3.63) is 0 Å². The maximum atomic E-state index is 12.0. The molecule has 2 aliphatic carbocycles. The van der Waals surface area contributed by atoms with Gasteiger partial charge in [-0.3, -0.25) is 0 Å². The molecule has 2 aliphatic rings. The van der Waals surface area contributed by atoms with Crippen LogP contribution in [0.1, 0.15) is 33.5 Å². The first-order valence-electron chi connectivity index (χ1n) is 4.54. The summed E-state index contributed by atoms with van der Waals surface area (Å²) in [4.78, 5) is 0. The van der Waals surface area contributed by atoms with Gasteiger partial charge in [0.2, 0.25) is 6.43 Å². The van der Waals surface area contributed by atoms with Crippen molar-refractivity contribution in [2.75, 3.05) is 0 Å². The fourth-order valence-corrected chi connectivity index (χ4v) is 2.89. The van der Waals surface area contributed by atoms with Crippen LogP contribution in [0, 0.1) is 17.8 Å². The Morgan fingerprint density at radius 3 is 2.42 bits per heavy atom. The van der Waals surface area contributed by atoms with Gasteiger partial charge in [0.25, 0.3) is 0 Å². The molecule has 66 valence electrons. The SMILES string of the molecule is FC(F)CC1CC2CCC1C2.[H-].[Na+]. The minimum atomic E-state index is -2.07. The molecular weight excluding hydrogens is 169 g/mol. The first-order chi connectivity index (χ1) is 5.25. The predicted molar refractivity (Wildman–Crippen MR) is 40.7 cm³/mol. The molecule has 2 saturated carbocycles. The molecule has 0 N–H and O–H groups in total. The van der Waals surface area contributed by atoms with Gasteiger partial charge in [-0.05, 0) is 37.0 Å². The van der Waals surface area contributed by atoms with Gasteiger partial charge in [0.15, 0.2) is 0 Å². The molecule has 0 radical (unpaired) electrons. The first kappa shape index (κ1) is 10.9. The second-order valence-corrected chi connectivity index (χ2v) is 4.06. The standard InChI is InChI=1S/C9H14F2.Na.H/c10-9(11)5-8-4-6-1-2-7(8)3-6;;/h6-9H,1-5H2;;/q;+1;-1. The molecule has 2 fully saturated rings. The van der Waals surface area contributed by atoms with Crippen LogP contribution in [0.3, 0.4) is 0 Å². The van der Waals surface area contributed by atoms with Gasteiger partial charge in [0.1, 0.15) is 0 Å². The number of rotatable bonds is 2. The van der Waals surface area contributed by atoms with Gasteiger partial charge < -0.3 is 1.43 Å². The van der Waals surface area contributed by atoms with Crippen LogP contribution >= 0.6 is 0 Å². The van der Waals surface area contributed by atoms with Crippen LogP contribution in [0.15, 0.2) is 0 Å². The van der Waals surface area contributed by atoms with E-state index in [1.165, 1.54) is 19.3 Å². The van der Waals surface area contributed by atoms with Crippen LogP contribution in [0.25, 0.3) is 0 Å². The molecule has 0 spiro atoms. The van der Waals surface area contributed by atoms with Crippen LogP contribution in [0.2, 0.25) is 0 Å². The predicted octanol–water partition coefficient (Wildman–Crippen LogP) is 0.194. The van der Waals surface area contributed by atoms with Crippen molar-refractivity contribution in [3.8, 4) is 0 Å². The first-order valence-corrected chi connectivity index (χ1v) is 4.54. The molecule has 3 atom stereocenters. The van der Waals surface area contributed by atoms with Crippen molar-refractivity contribution in [1.82, 2.24) is 0 Å². The number of hydrogen-bond acceptors (Lipinski definition) is 0. The smallest absolute Gasteiger partial charge is 1.00 e. The van der Waals surface area contributed by atoms with Crippen molar-refractivity contribution >= 4 is 0 Å². The van der Waals surface area contributed by atoms with E-state index < -0.39 is 6.43 Å². The van der Waals surface area contributed by atoms with Gasteiger partial charge >= 0.3 is 29.6 Å². The van der Waals surface area contributed by atoms with Crippen molar-refractivity contribution in [2.24, 2.45) is 17.8 Å². The van der Waals surface area contributed by atoms with E-state index >= 15 is 0 Å². The molecule has 0 saturated heterocycles. The van der Waals surface area contributed by atoms with Crippen LogP contribution in [-0.4, -0.2) is 6.43 Å². The van der Waals surface area contributed by atoms with E-state index in [4.69, 9.17) is 0 Å². The van der Waals surface area contributed by atoms with Crippen molar-refractivity contribution in [3.63, 3.8) is 0 Å². The Bertz CT molecular complexity index is 155. The van der Waals surface area contributed by atoms with E-state index in [0.717, 1.165) is 12.3 Å². The molecule has 0 heterocycles. The Morgan fingerprint density at radius 1 is 1.25 bits per heavy atom. The maximum absolute atomic E-state index is 12.0. The van der Waals surface area contributed by atoms with E-state index in [-0.39, 0.29) is 37.4 Å². The molecule has 2 bridgehead atoms. The molecule has 0 aromatic rings. The van der Waals surface area contributed by atoms with Crippen molar-refractivity contribution in [2.45, 2.75) is 38.5 Å². The van der Waals surface area contributed by atoms with E-state index in [2.05, 4.69) is 0 Å². The molecule has 12 heavy (non-hydrogen) atoms. The average Bonchev–Trinajstić information content (AvgIpc) is 2.45. The summed E-state index contributed by atoms with van der Waals surface area (Å²) in [7, 11) is 0. The van der Waals surface area contributed by atoms with E-state index in [1.807, 2.05) is 0 Å². The Balaban J connectivity index is 0.000000720. The molecule has 3 unspecified atom stereocenters. The largest absolute Gasteiger partial charge is 1.00 e. The molecule has 0 aromatic heterocycles. The maximum Gasteiger partial charge on any atom is 1.00 e. The monoisotopic (exact) mass is 184 g/mol. The molecule has 0 aliphatic heterocycles. The third-order valence-electron chi connectivity index (χ3n) is 3.37. The van der Waals surface area contributed by atoms with E-state index in [1.54, 1.807) is 0 Å². The molecule has 0 amide bonds. The van der Waals surface area contributed by atoms with Crippen molar-refractivity contribution < 1.29 is 39.8 Å². The van der Waals surface area contributed by atoms with Crippen LogP contribution < -0.4 is 29.6 Å². The molecule has 0 aromatic carbocycles. The fraction of sp³-hybridized carbons (Fsp3) is 1.00. The third kappa shape index (κ3) is 2.21. The zero-order valence-electron chi connectivity index (χ0n) is 8.60. The van der Waals surface area contributed by atoms with Crippen LogP contribution in [0.5, 0.6) is 0 Å². The number of halogens is 2. The van der Waals surface area contributed by atoms with Crippen LogP contribution in [0.4, 0.5) is 8.78 Å². The minimum Gasteiger partial charge on any atom is -1.00 e. The summed E-state index contributed by atoms with van der Waals surface area (Å²) in [5.74, 6) is 1.84. The zero-order valence-corrected chi connectivity index (χ0v) is 9.60. The minimum absolute atomic E-state index is 0. The van der Waals surface area contributed by atoms with Gasteiger partial charge in [-0.25, -0.2) is 8.78 Å².